The van der Waals surface area contributed by atoms with E-state index in [2.05, 4.69) is 5.32 Å². The standard InChI is InChI=1S/C27H28ClFN2O3/c1-2-16-30-27(33)24(17-20-10-4-3-5-11-20)31(18-21-12-6-8-14-23(21)29)26(32)19-34-25-15-9-7-13-22(25)28/h3-15,24H,2,16-19H2,1H3,(H,30,33). The number of nitrogens with zero attached hydrogens (tertiary/aromatic N) is 1. The van der Waals surface area contributed by atoms with Crippen molar-refractivity contribution in [1.82, 2.24) is 10.2 Å². The Morgan fingerprint density at radius 3 is 2.38 bits per heavy atom. The third-order valence-corrected chi connectivity index (χ3v) is 5.62. The Morgan fingerprint density at radius 1 is 1.00 bits per heavy atom. The minimum absolute atomic E-state index is 0.0750. The quantitative estimate of drug-likeness (QED) is 0.417. The Labute approximate surface area is 204 Å². The van der Waals surface area contributed by atoms with E-state index < -0.39 is 17.8 Å². The number of para-hydroxylation sites is 1. The Hall–Kier alpha value is -3.38. The third-order valence-electron chi connectivity index (χ3n) is 5.31. The number of halogens is 2. The van der Waals surface area contributed by atoms with Gasteiger partial charge in [-0.3, -0.25) is 9.59 Å². The first-order chi connectivity index (χ1) is 16.5. The van der Waals surface area contributed by atoms with E-state index in [1.807, 2.05) is 37.3 Å². The van der Waals surface area contributed by atoms with Crippen molar-refractivity contribution in [2.24, 2.45) is 0 Å². The van der Waals surface area contributed by atoms with Gasteiger partial charge in [-0.2, -0.15) is 0 Å². The third kappa shape index (κ3) is 7.06. The van der Waals surface area contributed by atoms with Crippen LogP contribution < -0.4 is 10.1 Å². The predicted octanol–water partition coefficient (Wildman–Crippen LogP) is 5.02. The fourth-order valence-corrected chi connectivity index (χ4v) is 3.70. The molecule has 3 rings (SSSR count). The molecule has 0 saturated carbocycles. The van der Waals surface area contributed by atoms with E-state index in [-0.39, 0.29) is 25.5 Å². The molecule has 0 aromatic heterocycles. The van der Waals surface area contributed by atoms with Gasteiger partial charge >= 0.3 is 0 Å². The lowest BCUT2D eigenvalue weighted by atomic mass is 10.0. The van der Waals surface area contributed by atoms with Crippen LogP contribution in [0.15, 0.2) is 78.9 Å². The van der Waals surface area contributed by atoms with Crippen molar-refractivity contribution < 1.29 is 18.7 Å². The average Bonchev–Trinajstić information content (AvgIpc) is 2.85. The summed E-state index contributed by atoms with van der Waals surface area (Å²) < 4.78 is 20.2. The van der Waals surface area contributed by atoms with Gasteiger partial charge in [0.15, 0.2) is 6.61 Å². The summed E-state index contributed by atoms with van der Waals surface area (Å²) in [6, 6.07) is 21.6. The van der Waals surface area contributed by atoms with Crippen molar-refractivity contribution in [3.63, 3.8) is 0 Å². The highest BCUT2D eigenvalue weighted by Gasteiger charge is 2.31. The number of nitrogens with one attached hydrogen (secondary N) is 1. The molecule has 1 N–H and O–H groups in total. The summed E-state index contributed by atoms with van der Waals surface area (Å²) in [6.07, 6.45) is 1.03. The first kappa shape index (κ1) is 25.2. The Morgan fingerprint density at radius 2 is 1.68 bits per heavy atom. The summed E-state index contributed by atoms with van der Waals surface area (Å²) in [5, 5.41) is 3.26. The predicted molar refractivity (Wildman–Crippen MR) is 131 cm³/mol. The molecule has 178 valence electrons. The number of carbonyl (C=O) groups excluding carboxylic acids is 2. The Kier molecular flexibility index (Phi) is 9.47. The first-order valence-electron chi connectivity index (χ1n) is 11.2. The monoisotopic (exact) mass is 482 g/mol. The maximum Gasteiger partial charge on any atom is 0.261 e. The molecular formula is C27H28ClFN2O3. The van der Waals surface area contributed by atoms with Crippen molar-refractivity contribution in [2.45, 2.75) is 32.4 Å². The second-order valence-corrected chi connectivity index (χ2v) is 8.24. The minimum atomic E-state index is -0.851. The van der Waals surface area contributed by atoms with Crippen LogP contribution in [0.4, 0.5) is 4.39 Å². The van der Waals surface area contributed by atoms with Crippen molar-refractivity contribution >= 4 is 23.4 Å². The summed E-state index contributed by atoms with van der Waals surface area (Å²) in [6.45, 7) is 2.01. The van der Waals surface area contributed by atoms with Crippen LogP contribution in [0.1, 0.15) is 24.5 Å². The van der Waals surface area contributed by atoms with Crippen molar-refractivity contribution in [3.05, 3.63) is 101 Å². The lowest BCUT2D eigenvalue weighted by Gasteiger charge is -2.31. The molecule has 0 bridgehead atoms. The van der Waals surface area contributed by atoms with Crippen LogP contribution in [0.3, 0.4) is 0 Å². The van der Waals surface area contributed by atoms with E-state index in [0.29, 0.717) is 22.9 Å². The zero-order valence-corrected chi connectivity index (χ0v) is 19.8. The normalized spacial score (nSPS) is 11.5. The molecule has 0 aliphatic rings. The molecule has 0 aliphatic heterocycles. The number of carbonyl (C=O) groups is 2. The van der Waals surface area contributed by atoms with E-state index in [0.717, 1.165) is 12.0 Å². The van der Waals surface area contributed by atoms with Gasteiger partial charge in [0.05, 0.1) is 5.02 Å². The molecule has 34 heavy (non-hydrogen) atoms. The molecule has 7 heteroatoms. The van der Waals surface area contributed by atoms with Crippen LogP contribution in [0.5, 0.6) is 5.75 Å². The van der Waals surface area contributed by atoms with E-state index >= 15 is 0 Å². The molecule has 3 aromatic carbocycles. The van der Waals surface area contributed by atoms with Gasteiger partial charge in [-0.25, -0.2) is 4.39 Å². The highest BCUT2D eigenvalue weighted by atomic mass is 35.5. The zero-order chi connectivity index (χ0) is 24.3. The van der Waals surface area contributed by atoms with E-state index in [4.69, 9.17) is 16.3 Å². The largest absolute Gasteiger partial charge is 0.482 e. The van der Waals surface area contributed by atoms with E-state index in [1.54, 1.807) is 42.5 Å². The average molecular weight is 483 g/mol. The maximum atomic E-state index is 14.5. The smallest absolute Gasteiger partial charge is 0.261 e. The number of amides is 2. The summed E-state index contributed by atoms with van der Waals surface area (Å²) in [4.78, 5) is 28.0. The van der Waals surface area contributed by atoms with Crippen LogP contribution >= 0.6 is 11.6 Å². The molecule has 1 unspecified atom stereocenters. The first-order valence-corrected chi connectivity index (χ1v) is 11.6. The number of rotatable bonds is 11. The molecule has 0 saturated heterocycles. The number of hydrogen-bond donors (Lipinski definition) is 1. The Bertz CT molecular complexity index is 1090. The van der Waals surface area contributed by atoms with Gasteiger partial charge in [0.2, 0.25) is 5.91 Å². The summed E-state index contributed by atoms with van der Waals surface area (Å²) >= 11 is 6.15. The van der Waals surface area contributed by atoms with Crippen LogP contribution in [0, 0.1) is 5.82 Å². The molecule has 0 aliphatic carbocycles. The molecule has 2 amide bonds. The minimum Gasteiger partial charge on any atom is -0.482 e. The van der Waals surface area contributed by atoms with Crippen LogP contribution in [-0.2, 0) is 22.6 Å². The number of hydrogen-bond acceptors (Lipinski definition) is 3. The lowest BCUT2D eigenvalue weighted by Crippen LogP contribution is -2.52. The van der Waals surface area contributed by atoms with Gasteiger partial charge in [-0.1, -0.05) is 79.2 Å². The van der Waals surface area contributed by atoms with E-state index in [1.165, 1.54) is 11.0 Å². The number of benzene rings is 3. The zero-order valence-electron chi connectivity index (χ0n) is 19.0. The molecule has 0 spiro atoms. The fraction of sp³-hybridized carbons (Fsp3) is 0.259. The van der Waals surface area contributed by atoms with Gasteiger partial charge in [-0.15, -0.1) is 0 Å². The highest BCUT2D eigenvalue weighted by Crippen LogP contribution is 2.23. The molecular weight excluding hydrogens is 455 g/mol. The molecule has 0 fully saturated rings. The Balaban J connectivity index is 1.91. The summed E-state index contributed by atoms with van der Waals surface area (Å²) in [5.41, 5.74) is 1.20. The summed E-state index contributed by atoms with van der Waals surface area (Å²) in [5.74, 6) is -0.831. The molecule has 0 heterocycles. The number of ether oxygens (including phenoxy) is 1. The van der Waals surface area contributed by atoms with Gasteiger partial charge in [0.1, 0.15) is 17.6 Å². The van der Waals surface area contributed by atoms with Gasteiger partial charge in [0.25, 0.3) is 5.91 Å². The van der Waals surface area contributed by atoms with Crippen LogP contribution in [0.25, 0.3) is 0 Å². The topological polar surface area (TPSA) is 58.6 Å². The van der Waals surface area contributed by atoms with E-state index in [9.17, 15) is 14.0 Å². The van der Waals surface area contributed by atoms with Gasteiger partial charge < -0.3 is 15.0 Å². The van der Waals surface area contributed by atoms with Crippen molar-refractivity contribution in [3.8, 4) is 5.75 Å². The molecule has 5 nitrogen and oxygen atoms in total. The van der Waals surface area contributed by atoms with Crippen LogP contribution in [0.2, 0.25) is 5.02 Å². The fourth-order valence-electron chi connectivity index (χ4n) is 3.51. The highest BCUT2D eigenvalue weighted by molar-refractivity contribution is 6.32. The maximum absolute atomic E-state index is 14.5. The second-order valence-electron chi connectivity index (χ2n) is 7.83. The SMILES string of the molecule is CCCNC(=O)C(Cc1ccccc1)N(Cc1ccccc1F)C(=O)COc1ccccc1Cl. The van der Waals surface area contributed by atoms with Crippen LogP contribution in [-0.4, -0.2) is 35.9 Å². The summed E-state index contributed by atoms with van der Waals surface area (Å²) in [7, 11) is 0. The van der Waals surface area contributed by atoms with Crippen molar-refractivity contribution in [1.29, 1.82) is 0 Å². The lowest BCUT2D eigenvalue weighted by molar-refractivity contribution is -0.142. The molecule has 3 aromatic rings. The molecule has 0 radical (unpaired) electrons. The van der Waals surface area contributed by atoms with Gasteiger partial charge in [0, 0.05) is 25.1 Å². The van der Waals surface area contributed by atoms with Crippen molar-refractivity contribution in [2.75, 3.05) is 13.2 Å². The second kappa shape index (κ2) is 12.8. The van der Waals surface area contributed by atoms with Gasteiger partial charge in [-0.05, 0) is 30.2 Å². The molecule has 1 atom stereocenters.